The van der Waals surface area contributed by atoms with Crippen molar-refractivity contribution in [3.8, 4) is 28.4 Å². The molecule has 0 heterocycles. The molecule has 2 aromatic rings. The van der Waals surface area contributed by atoms with Crippen molar-refractivity contribution < 1.29 is 28.6 Å². The first-order chi connectivity index (χ1) is 13.0. The molecule has 0 aliphatic carbocycles. The fourth-order valence-corrected chi connectivity index (χ4v) is 2.06. The summed E-state index contributed by atoms with van der Waals surface area (Å²) >= 11 is 0. The van der Waals surface area contributed by atoms with Gasteiger partial charge >= 0.3 is 17.9 Å². The molecule has 0 saturated carbocycles. The van der Waals surface area contributed by atoms with Crippen LogP contribution >= 0.6 is 0 Å². The van der Waals surface area contributed by atoms with Gasteiger partial charge in [0, 0.05) is 29.9 Å². The van der Waals surface area contributed by atoms with Crippen LogP contribution < -0.4 is 14.2 Å². The lowest BCUT2D eigenvalue weighted by molar-refractivity contribution is -0.130. The standard InChI is InChI=1S/C21H16O6/c1-4-19(22)25-15-9-7-14(8-10-15)17-12-11-16(26-20(23)5-2)13-18(17)27-21(24)6-3/h4-13H,1-3H2. The fraction of sp³-hybridized carbons (Fsp3) is 0. The first kappa shape index (κ1) is 19.4. The monoisotopic (exact) mass is 364 g/mol. The Labute approximate surface area is 156 Å². The molecule has 2 aromatic carbocycles. The van der Waals surface area contributed by atoms with Gasteiger partial charge in [-0.2, -0.15) is 0 Å². The summed E-state index contributed by atoms with van der Waals surface area (Å²) in [7, 11) is 0. The highest BCUT2D eigenvalue weighted by Crippen LogP contribution is 2.34. The Balaban J connectivity index is 2.38. The van der Waals surface area contributed by atoms with Crippen molar-refractivity contribution >= 4 is 17.9 Å². The van der Waals surface area contributed by atoms with Crippen molar-refractivity contribution in [1.29, 1.82) is 0 Å². The molecule has 0 N–H and O–H groups in total. The van der Waals surface area contributed by atoms with Crippen LogP contribution in [-0.4, -0.2) is 17.9 Å². The second-order valence-corrected chi connectivity index (χ2v) is 5.06. The van der Waals surface area contributed by atoms with Crippen molar-refractivity contribution in [3.05, 3.63) is 80.4 Å². The van der Waals surface area contributed by atoms with E-state index in [1.807, 2.05) is 0 Å². The minimum absolute atomic E-state index is 0.171. The predicted octanol–water partition coefficient (Wildman–Crippen LogP) is 3.63. The molecule has 27 heavy (non-hydrogen) atoms. The number of ether oxygens (including phenoxy) is 3. The predicted molar refractivity (Wildman–Crippen MR) is 99.4 cm³/mol. The molecule has 0 atom stereocenters. The second kappa shape index (κ2) is 8.96. The van der Waals surface area contributed by atoms with Gasteiger partial charge in [0.1, 0.15) is 17.2 Å². The van der Waals surface area contributed by atoms with Crippen LogP contribution in [0.3, 0.4) is 0 Å². The van der Waals surface area contributed by atoms with Gasteiger partial charge in [-0.25, -0.2) is 14.4 Å². The molecule has 6 heteroatoms. The molecular weight excluding hydrogens is 348 g/mol. The minimum atomic E-state index is -0.667. The maximum Gasteiger partial charge on any atom is 0.335 e. The van der Waals surface area contributed by atoms with Gasteiger partial charge in [0.2, 0.25) is 0 Å². The molecule has 0 aromatic heterocycles. The van der Waals surface area contributed by atoms with Gasteiger partial charge in [-0.05, 0) is 29.8 Å². The summed E-state index contributed by atoms with van der Waals surface area (Å²) in [6, 6.07) is 11.1. The van der Waals surface area contributed by atoms with E-state index in [4.69, 9.17) is 14.2 Å². The molecule has 0 amide bonds. The third kappa shape index (κ3) is 5.27. The van der Waals surface area contributed by atoms with E-state index in [9.17, 15) is 14.4 Å². The molecule has 0 saturated heterocycles. The van der Waals surface area contributed by atoms with Gasteiger partial charge < -0.3 is 14.2 Å². The summed E-state index contributed by atoms with van der Waals surface area (Å²) in [5.74, 6) is -1.18. The van der Waals surface area contributed by atoms with Crippen LogP contribution in [0.2, 0.25) is 0 Å². The SMILES string of the molecule is C=CC(=O)Oc1ccc(-c2ccc(OC(=O)C=C)cc2OC(=O)C=C)cc1. The van der Waals surface area contributed by atoms with Gasteiger partial charge in [-0.3, -0.25) is 0 Å². The maximum atomic E-state index is 11.6. The number of carbonyl (C=O) groups is 3. The number of hydrogen-bond acceptors (Lipinski definition) is 6. The summed E-state index contributed by atoms with van der Waals surface area (Å²) in [6.45, 7) is 10.0. The van der Waals surface area contributed by atoms with Crippen LogP contribution in [0.1, 0.15) is 0 Å². The Bertz CT molecular complexity index is 909. The molecule has 0 aliphatic rings. The Morgan fingerprint density at radius 2 is 1.15 bits per heavy atom. The second-order valence-electron chi connectivity index (χ2n) is 5.06. The average Bonchev–Trinajstić information content (AvgIpc) is 2.68. The average molecular weight is 364 g/mol. The molecule has 0 unspecified atom stereocenters. The van der Waals surface area contributed by atoms with Crippen molar-refractivity contribution in [1.82, 2.24) is 0 Å². The van der Waals surface area contributed by atoms with Crippen molar-refractivity contribution in [2.75, 3.05) is 0 Å². The lowest BCUT2D eigenvalue weighted by Crippen LogP contribution is -2.06. The molecule has 0 aliphatic heterocycles. The van der Waals surface area contributed by atoms with Gasteiger partial charge in [0.05, 0.1) is 0 Å². The van der Waals surface area contributed by atoms with Crippen LogP contribution in [0, 0.1) is 0 Å². The Morgan fingerprint density at radius 3 is 1.70 bits per heavy atom. The summed E-state index contributed by atoms with van der Waals surface area (Å²) in [5.41, 5.74) is 1.24. The topological polar surface area (TPSA) is 78.9 Å². The molecule has 0 fully saturated rings. The normalized spacial score (nSPS) is 9.63. The zero-order valence-corrected chi connectivity index (χ0v) is 14.3. The van der Waals surface area contributed by atoms with Crippen LogP contribution in [0.25, 0.3) is 11.1 Å². The quantitative estimate of drug-likeness (QED) is 0.424. The van der Waals surface area contributed by atoms with E-state index in [-0.39, 0.29) is 11.5 Å². The van der Waals surface area contributed by atoms with Crippen molar-refractivity contribution in [3.63, 3.8) is 0 Å². The zero-order valence-electron chi connectivity index (χ0n) is 14.3. The Morgan fingerprint density at radius 1 is 0.667 bits per heavy atom. The van der Waals surface area contributed by atoms with Gasteiger partial charge in [0.15, 0.2) is 0 Å². The summed E-state index contributed by atoms with van der Waals surface area (Å²) in [6.07, 6.45) is 3.10. The highest BCUT2D eigenvalue weighted by molar-refractivity contribution is 5.87. The highest BCUT2D eigenvalue weighted by atomic mass is 16.5. The number of hydrogen-bond donors (Lipinski definition) is 0. The number of carbonyl (C=O) groups excluding carboxylic acids is 3. The van der Waals surface area contributed by atoms with Gasteiger partial charge in [-0.15, -0.1) is 0 Å². The molecule has 0 bridgehead atoms. The highest BCUT2D eigenvalue weighted by Gasteiger charge is 2.13. The fourth-order valence-electron chi connectivity index (χ4n) is 2.06. The van der Waals surface area contributed by atoms with Gasteiger partial charge in [0.25, 0.3) is 0 Å². The smallest absolute Gasteiger partial charge is 0.335 e. The van der Waals surface area contributed by atoms with Crippen LogP contribution in [0.4, 0.5) is 0 Å². The van der Waals surface area contributed by atoms with Crippen molar-refractivity contribution in [2.24, 2.45) is 0 Å². The van der Waals surface area contributed by atoms with Crippen molar-refractivity contribution in [2.45, 2.75) is 0 Å². The molecule has 0 radical (unpaired) electrons. The lowest BCUT2D eigenvalue weighted by atomic mass is 10.0. The van der Waals surface area contributed by atoms with E-state index in [2.05, 4.69) is 19.7 Å². The Hall–Kier alpha value is -3.93. The number of esters is 3. The number of benzene rings is 2. The zero-order chi connectivity index (χ0) is 19.8. The van der Waals surface area contributed by atoms with E-state index in [0.29, 0.717) is 16.9 Å². The van der Waals surface area contributed by atoms with E-state index in [1.54, 1.807) is 36.4 Å². The lowest BCUT2D eigenvalue weighted by Gasteiger charge is -2.12. The maximum absolute atomic E-state index is 11.6. The van der Waals surface area contributed by atoms with E-state index >= 15 is 0 Å². The van der Waals surface area contributed by atoms with E-state index in [1.165, 1.54) is 6.07 Å². The summed E-state index contributed by atoms with van der Waals surface area (Å²) in [5, 5.41) is 0. The third-order valence-corrected chi connectivity index (χ3v) is 3.27. The minimum Gasteiger partial charge on any atom is -0.423 e. The molecule has 136 valence electrons. The number of rotatable bonds is 7. The van der Waals surface area contributed by atoms with Crippen LogP contribution in [0.15, 0.2) is 80.4 Å². The molecule has 2 rings (SSSR count). The summed E-state index contributed by atoms with van der Waals surface area (Å²) in [4.78, 5) is 34.2. The van der Waals surface area contributed by atoms with Gasteiger partial charge in [-0.1, -0.05) is 31.9 Å². The van der Waals surface area contributed by atoms with E-state index in [0.717, 1.165) is 18.2 Å². The first-order valence-corrected chi connectivity index (χ1v) is 7.74. The third-order valence-electron chi connectivity index (χ3n) is 3.27. The molecule has 0 spiro atoms. The van der Waals surface area contributed by atoms with Crippen LogP contribution in [-0.2, 0) is 14.4 Å². The molecule has 6 nitrogen and oxygen atoms in total. The largest absolute Gasteiger partial charge is 0.423 e. The Kier molecular flexibility index (Phi) is 6.44. The first-order valence-electron chi connectivity index (χ1n) is 7.74. The van der Waals surface area contributed by atoms with Crippen LogP contribution in [0.5, 0.6) is 17.2 Å². The molecular formula is C21H16O6. The van der Waals surface area contributed by atoms with E-state index < -0.39 is 17.9 Å². The summed E-state index contributed by atoms with van der Waals surface area (Å²) < 4.78 is 15.3.